The Morgan fingerprint density at radius 3 is 2.35 bits per heavy atom. The Hall–Kier alpha value is -2.24. The average molecular weight is 322 g/mol. The van der Waals surface area contributed by atoms with Gasteiger partial charge in [-0.25, -0.2) is 0 Å². The zero-order valence-corrected chi connectivity index (χ0v) is 14.6. The van der Waals surface area contributed by atoms with Crippen LogP contribution in [-0.4, -0.2) is 32.1 Å². The van der Waals surface area contributed by atoms with E-state index in [2.05, 4.69) is 10.6 Å². The molecule has 1 atom stereocenters. The molecule has 0 aromatic heterocycles. The maximum atomic E-state index is 12.1. The maximum Gasteiger partial charge on any atom is 0.242 e. The van der Waals surface area contributed by atoms with Crippen LogP contribution in [0.1, 0.15) is 33.3 Å². The number of carbonyl (C=O) groups excluding carboxylic acids is 2. The third kappa shape index (κ3) is 5.16. The van der Waals surface area contributed by atoms with Gasteiger partial charge in [0, 0.05) is 17.5 Å². The minimum atomic E-state index is -0.613. The summed E-state index contributed by atoms with van der Waals surface area (Å²) in [6, 6.07) is 4.85. The number of nitrogens with one attached hydrogen (secondary N) is 2. The van der Waals surface area contributed by atoms with Crippen molar-refractivity contribution in [3.8, 4) is 11.5 Å². The van der Waals surface area contributed by atoms with E-state index in [9.17, 15) is 9.59 Å². The largest absolute Gasteiger partial charge is 0.493 e. The first-order valence-electron chi connectivity index (χ1n) is 7.49. The number of hydrogen-bond acceptors (Lipinski definition) is 4. The van der Waals surface area contributed by atoms with E-state index in [0.717, 1.165) is 5.56 Å². The first kappa shape index (κ1) is 18.8. The molecule has 1 rings (SSSR count). The second-order valence-electron chi connectivity index (χ2n) is 6.32. The van der Waals surface area contributed by atoms with Gasteiger partial charge in [-0.15, -0.1) is 0 Å². The van der Waals surface area contributed by atoms with E-state index < -0.39 is 11.5 Å². The van der Waals surface area contributed by atoms with Crippen molar-refractivity contribution in [3.05, 3.63) is 23.8 Å². The van der Waals surface area contributed by atoms with Gasteiger partial charge in [0.25, 0.3) is 0 Å². The number of rotatable bonds is 6. The molecule has 2 amide bonds. The summed E-state index contributed by atoms with van der Waals surface area (Å²) < 4.78 is 10.5. The fraction of sp³-hybridized carbons (Fsp3) is 0.529. The van der Waals surface area contributed by atoms with Crippen LogP contribution in [0.15, 0.2) is 18.2 Å². The van der Waals surface area contributed by atoms with Gasteiger partial charge in [0.15, 0.2) is 11.5 Å². The number of hydrogen-bond donors (Lipinski definition) is 2. The lowest BCUT2D eigenvalue weighted by molar-refractivity contribution is -0.133. The van der Waals surface area contributed by atoms with Crippen molar-refractivity contribution in [2.24, 2.45) is 5.41 Å². The zero-order chi connectivity index (χ0) is 17.6. The number of ether oxygens (including phenoxy) is 2. The van der Waals surface area contributed by atoms with Gasteiger partial charge in [0.2, 0.25) is 11.8 Å². The van der Waals surface area contributed by atoms with E-state index in [4.69, 9.17) is 9.47 Å². The number of carbonyl (C=O) groups is 2. The summed E-state index contributed by atoms with van der Waals surface area (Å²) >= 11 is 0. The van der Waals surface area contributed by atoms with Gasteiger partial charge in [-0.05, 0) is 13.0 Å². The quantitative estimate of drug-likeness (QED) is 0.838. The Bertz CT molecular complexity index is 564. The van der Waals surface area contributed by atoms with Gasteiger partial charge < -0.3 is 20.1 Å². The second-order valence-corrected chi connectivity index (χ2v) is 6.32. The summed E-state index contributed by atoms with van der Waals surface area (Å²) in [6.45, 7) is 7.34. The third-order valence-corrected chi connectivity index (χ3v) is 3.36. The van der Waals surface area contributed by atoms with Crippen LogP contribution in [0.5, 0.6) is 11.5 Å². The normalized spacial score (nSPS) is 12.3. The van der Waals surface area contributed by atoms with Crippen molar-refractivity contribution in [3.63, 3.8) is 0 Å². The molecule has 6 heteroatoms. The molecule has 0 saturated heterocycles. The molecule has 1 aromatic carbocycles. The van der Waals surface area contributed by atoms with E-state index in [1.165, 1.54) is 0 Å². The van der Waals surface area contributed by atoms with E-state index in [0.29, 0.717) is 11.5 Å². The summed E-state index contributed by atoms with van der Waals surface area (Å²) in [7, 11) is 3.11. The molecule has 0 saturated carbocycles. The molecule has 128 valence electrons. The van der Waals surface area contributed by atoms with E-state index in [1.807, 2.05) is 12.1 Å². The lowest BCUT2D eigenvalue weighted by Crippen LogP contribution is -2.48. The van der Waals surface area contributed by atoms with Crippen molar-refractivity contribution in [1.29, 1.82) is 0 Å². The predicted molar refractivity (Wildman–Crippen MR) is 88.5 cm³/mol. The van der Waals surface area contributed by atoms with Gasteiger partial charge in [-0.3, -0.25) is 9.59 Å². The Balaban J connectivity index is 2.68. The molecule has 0 bridgehead atoms. The predicted octanol–water partition coefficient (Wildman–Crippen LogP) is 1.87. The lowest BCUT2D eigenvalue weighted by Gasteiger charge is -2.21. The van der Waals surface area contributed by atoms with Crippen molar-refractivity contribution in [2.75, 3.05) is 14.2 Å². The minimum absolute atomic E-state index is 0.167. The second kappa shape index (κ2) is 7.85. The van der Waals surface area contributed by atoms with Crippen molar-refractivity contribution in [2.45, 2.75) is 40.3 Å². The van der Waals surface area contributed by atoms with Gasteiger partial charge in [0.1, 0.15) is 6.04 Å². The highest BCUT2D eigenvalue weighted by Crippen LogP contribution is 2.30. The molecule has 23 heavy (non-hydrogen) atoms. The van der Waals surface area contributed by atoms with Crippen LogP contribution < -0.4 is 20.1 Å². The number of para-hydroxylation sites is 1. The van der Waals surface area contributed by atoms with E-state index in [-0.39, 0.29) is 18.4 Å². The van der Waals surface area contributed by atoms with Gasteiger partial charge >= 0.3 is 0 Å². The van der Waals surface area contributed by atoms with Crippen LogP contribution in [0.2, 0.25) is 0 Å². The van der Waals surface area contributed by atoms with Crippen LogP contribution in [0, 0.1) is 5.41 Å². The van der Waals surface area contributed by atoms with E-state index >= 15 is 0 Å². The van der Waals surface area contributed by atoms with Crippen molar-refractivity contribution >= 4 is 11.8 Å². The van der Waals surface area contributed by atoms with Crippen LogP contribution in [0.3, 0.4) is 0 Å². The highest BCUT2D eigenvalue weighted by atomic mass is 16.5. The van der Waals surface area contributed by atoms with Gasteiger partial charge in [-0.1, -0.05) is 32.9 Å². The monoisotopic (exact) mass is 322 g/mol. The molecule has 0 aliphatic rings. The molecule has 0 radical (unpaired) electrons. The molecule has 0 heterocycles. The number of amides is 2. The van der Waals surface area contributed by atoms with Crippen LogP contribution in [0.25, 0.3) is 0 Å². The fourth-order valence-corrected chi connectivity index (χ4v) is 1.91. The lowest BCUT2D eigenvalue weighted by atomic mass is 9.95. The first-order valence-corrected chi connectivity index (χ1v) is 7.49. The molecule has 2 N–H and O–H groups in total. The molecule has 0 fully saturated rings. The van der Waals surface area contributed by atoms with Crippen LogP contribution >= 0.6 is 0 Å². The summed E-state index contributed by atoms with van der Waals surface area (Å²) in [6.07, 6.45) is 0. The number of benzene rings is 1. The molecule has 1 unspecified atom stereocenters. The summed E-state index contributed by atoms with van der Waals surface area (Å²) in [4.78, 5) is 24.0. The van der Waals surface area contributed by atoms with Crippen molar-refractivity contribution in [1.82, 2.24) is 10.6 Å². The summed E-state index contributed by atoms with van der Waals surface area (Å²) in [5.74, 6) is 0.765. The summed E-state index contributed by atoms with van der Waals surface area (Å²) in [5, 5.41) is 5.49. The van der Waals surface area contributed by atoms with Crippen LogP contribution in [0.4, 0.5) is 0 Å². The number of methoxy groups -OCH3 is 2. The van der Waals surface area contributed by atoms with Crippen molar-refractivity contribution < 1.29 is 19.1 Å². The molecule has 1 aromatic rings. The topological polar surface area (TPSA) is 76.7 Å². The first-order chi connectivity index (χ1) is 10.7. The Morgan fingerprint density at radius 1 is 1.17 bits per heavy atom. The Kier molecular flexibility index (Phi) is 6.42. The van der Waals surface area contributed by atoms with E-state index in [1.54, 1.807) is 48.0 Å². The Morgan fingerprint density at radius 2 is 1.83 bits per heavy atom. The smallest absolute Gasteiger partial charge is 0.242 e. The highest BCUT2D eigenvalue weighted by Gasteiger charge is 2.25. The standard InChI is InChI=1S/C17H26N2O4/c1-11(19-16(21)17(2,3)4)15(20)18-10-12-8-7-9-13(22-5)14(12)23-6/h7-9,11H,10H2,1-6H3,(H,18,20)(H,19,21). The molecular weight excluding hydrogens is 296 g/mol. The van der Waals surface area contributed by atoms with Gasteiger partial charge in [-0.2, -0.15) is 0 Å². The average Bonchev–Trinajstić information content (AvgIpc) is 2.50. The molecule has 0 aliphatic heterocycles. The minimum Gasteiger partial charge on any atom is -0.493 e. The summed E-state index contributed by atoms with van der Waals surface area (Å²) in [5.41, 5.74) is 0.263. The zero-order valence-electron chi connectivity index (χ0n) is 14.6. The molecule has 6 nitrogen and oxygen atoms in total. The fourth-order valence-electron chi connectivity index (χ4n) is 1.91. The Labute approximate surface area is 137 Å². The maximum absolute atomic E-state index is 12.1. The van der Waals surface area contributed by atoms with Gasteiger partial charge in [0.05, 0.1) is 14.2 Å². The highest BCUT2D eigenvalue weighted by molar-refractivity contribution is 5.89. The third-order valence-electron chi connectivity index (χ3n) is 3.36. The molecule has 0 spiro atoms. The molecular formula is C17H26N2O4. The van der Waals surface area contributed by atoms with Crippen LogP contribution in [-0.2, 0) is 16.1 Å². The SMILES string of the molecule is COc1cccc(CNC(=O)C(C)NC(=O)C(C)(C)C)c1OC. The molecule has 0 aliphatic carbocycles.